The SMILES string of the molecule is CC(C)CC(NC(=O)C1CCC(N)C1)c1ccc(Cl)cc1.Cl. The van der Waals surface area contributed by atoms with E-state index in [1.54, 1.807) is 0 Å². The van der Waals surface area contributed by atoms with Crippen molar-refractivity contribution in [2.45, 2.75) is 51.6 Å². The lowest BCUT2D eigenvalue weighted by Gasteiger charge is -2.23. The van der Waals surface area contributed by atoms with Crippen LogP contribution in [-0.4, -0.2) is 11.9 Å². The lowest BCUT2D eigenvalue weighted by atomic mass is 9.96. The monoisotopic (exact) mass is 344 g/mol. The Morgan fingerprint density at radius 2 is 1.95 bits per heavy atom. The van der Waals surface area contributed by atoms with Gasteiger partial charge < -0.3 is 11.1 Å². The first-order chi connectivity index (χ1) is 9.95. The van der Waals surface area contributed by atoms with E-state index < -0.39 is 0 Å². The highest BCUT2D eigenvalue weighted by molar-refractivity contribution is 6.30. The van der Waals surface area contributed by atoms with E-state index in [0.29, 0.717) is 5.92 Å². The van der Waals surface area contributed by atoms with E-state index in [9.17, 15) is 4.79 Å². The molecule has 22 heavy (non-hydrogen) atoms. The van der Waals surface area contributed by atoms with Gasteiger partial charge in [0.15, 0.2) is 0 Å². The van der Waals surface area contributed by atoms with Gasteiger partial charge in [-0.2, -0.15) is 0 Å². The zero-order chi connectivity index (χ0) is 15.4. The predicted octanol–water partition coefficient (Wildman–Crippen LogP) is 4.09. The summed E-state index contributed by atoms with van der Waals surface area (Å²) in [5.74, 6) is 0.724. The summed E-state index contributed by atoms with van der Waals surface area (Å²) in [5, 5.41) is 3.93. The van der Waals surface area contributed by atoms with E-state index in [4.69, 9.17) is 17.3 Å². The Morgan fingerprint density at radius 1 is 1.32 bits per heavy atom. The second-order valence-corrected chi connectivity index (χ2v) is 6.95. The Balaban J connectivity index is 0.00000242. The van der Waals surface area contributed by atoms with E-state index in [-0.39, 0.29) is 36.3 Å². The van der Waals surface area contributed by atoms with Crippen LogP contribution >= 0.6 is 24.0 Å². The molecule has 0 bridgehead atoms. The van der Waals surface area contributed by atoms with Gasteiger partial charge in [0, 0.05) is 17.0 Å². The van der Waals surface area contributed by atoms with Gasteiger partial charge in [0.05, 0.1) is 6.04 Å². The zero-order valence-corrected chi connectivity index (χ0v) is 14.8. The van der Waals surface area contributed by atoms with Crippen molar-refractivity contribution in [1.29, 1.82) is 0 Å². The number of amides is 1. The fourth-order valence-corrected chi connectivity index (χ4v) is 3.11. The molecule has 1 aromatic carbocycles. The third-order valence-corrected chi connectivity index (χ3v) is 4.39. The molecule has 0 aliphatic heterocycles. The largest absolute Gasteiger partial charge is 0.349 e. The van der Waals surface area contributed by atoms with Crippen molar-refractivity contribution in [2.24, 2.45) is 17.6 Å². The molecule has 1 aliphatic rings. The Labute approximate surface area is 144 Å². The van der Waals surface area contributed by atoms with Crippen molar-refractivity contribution in [3.8, 4) is 0 Å². The summed E-state index contributed by atoms with van der Waals surface area (Å²) in [7, 11) is 0. The summed E-state index contributed by atoms with van der Waals surface area (Å²) in [6, 6.07) is 7.97. The molecule has 5 heteroatoms. The Bertz CT molecular complexity index is 476. The molecule has 1 amide bonds. The van der Waals surface area contributed by atoms with Crippen LogP contribution in [0, 0.1) is 11.8 Å². The molecule has 1 aromatic rings. The maximum absolute atomic E-state index is 12.4. The number of benzene rings is 1. The van der Waals surface area contributed by atoms with Crippen LogP contribution in [0.5, 0.6) is 0 Å². The number of halogens is 2. The maximum Gasteiger partial charge on any atom is 0.223 e. The van der Waals surface area contributed by atoms with Gasteiger partial charge in [-0.05, 0) is 49.3 Å². The molecule has 0 saturated heterocycles. The molecule has 1 saturated carbocycles. The first-order valence-electron chi connectivity index (χ1n) is 7.77. The number of rotatable bonds is 5. The molecule has 0 heterocycles. The highest BCUT2D eigenvalue weighted by Crippen LogP contribution is 2.27. The predicted molar refractivity (Wildman–Crippen MR) is 94.4 cm³/mol. The average Bonchev–Trinajstić information content (AvgIpc) is 2.85. The van der Waals surface area contributed by atoms with E-state index >= 15 is 0 Å². The molecule has 124 valence electrons. The van der Waals surface area contributed by atoms with Gasteiger partial charge in [-0.1, -0.05) is 37.6 Å². The van der Waals surface area contributed by atoms with Gasteiger partial charge >= 0.3 is 0 Å². The van der Waals surface area contributed by atoms with Crippen molar-refractivity contribution in [3.05, 3.63) is 34.9 Å². The highest BCUT2D eigenvalue weighted by Gasteiger charge is 2.29. The molecule has 2 rings (SSSR count). The number of carbonyl (C=O) groups is 1. The van der Waals surface area contributed by atoms with E-state index in [2.05, 4.69) is 19.2 Å². The summed E-state index contributed by atoms with van der Waals surface area (Å²) < 4.78 is 0. The van der Waals surface area contributed by atoms with Crippen molar-refractivity contribution in [1.82, 2.24) is 5.32 Å². The van der Waals surface area contributed by atoms with E-state index in [0.717, 1.165) is 36.3 Å². The molecule has 0 aromatic heterocycles. The fraction of sp³-hybridized carbons (Fsp3) is 0.588. The van der Waals surface area contributed by atoms with Gasteiger partial charge in [0.1, 0.15) is 0 Å². The molecule has 0 radical (unpaired) electrons. The third kappa shape index (κ3) is 5.45. The smallest absolute Gasteiger partial charge is 0.223 e. The minimum absolute atomic E-state index is 0. The Kier molecular flexibility index (Phi) is 7.67. The number of hydrogen-bond donors (Lipinski definition) is 2. The quantitative estimate of drug-likeness (QED) is 0.844. The lowest BCUT2D eigenvalue weighted by molar-refractivity contribution is -0.125. The van der Waals surface area contributed by atoms with Crippen molar-refractivity contribution >= 4 is 29.9 Å². The highest BCUT2D eigenvalue weighted by atomic mass is 35.5. The van der Waals surface area contributed by atoms with Crippen LogP contribution in [0.2, 0.25) is 5.02 Å². The normalized spacial score (nSPS) is 22.2. The number of nitrogens with one attached hydrogen (secondary N) is 1. The number of carbonyl (C=O) groups excluding carboxylic acids is 1. The minimum atomic E-state index is 0. The van der Waals surface area contributed by atoms with Crippen LogP contribution in [0.25, 0.3) is 0 Å². The van der Waals surface area contributed by atoms with E-state index in [1.807, 2.05) is 24.3 Å². The summed E-state index contributed by atoms with van der Waals surface area (Å²) >= 11 is 5.95. The summed E-state index contributed by atoms with van der Waals surface area (Å²) in [6.45, 7) is 4.33. The second-order valence-electron chi connectivity index (χ2n) is 6.51. The molecule has 3 atom stereocenters. The number of nitrogens with two attached hydrogens (primary N) is 1. The summed E-state index contributed by atoms with van der Waals surface area (Å²) in [4.78, 5) is 12.4. The molecular weight excluding hydrogens is 319 g/mol. The lowest BCUT2D eigenvalue weighted by Crippen LogP contribution is -2.34. The van der Waals surface area contributed by atoms with Crippen LogP contribution in [0.3, 0.4) is 0 Å². The molecular formula is C17H26Cl2N2O. The molecule has 3 nitrogen and oxygen atoms in total. The van der Waals surface area contributed by atoms with Crippen molar-refractivity contribution < 1.29 is 4.79 Å². The van der Waals surface area contributed by atoms with Gasteiger partial charge in [-0.15, -0.1) is 12.4 Å². The second kappa shape index (κ2) is 8.76. The summed E-state index contributed by atoms with van der Waals surface area (Å²) in [6.07, 6.45) is 3.59. The molecule has 3 N–H and O–H groups in total. The van der Waals surface area contributed by atoms with Crippen LogP contribution < -0.4 is 11.1 Å². The standard InChI is InChI=1S/C17H25ClN2O.ClH/c1-11(2)9-16(12-3-6-14(18)7-4-12)20-17(21)13-5-8-15(19)10-13;/h3-4,6-7,11,13,15-16H,5,8-10,19H2,1-2H3,(H,20,21);1H. The number of hydrogen-bond acceptors (Lipinski definition) is 2. The average molecular weight is 345 g/mol. The maximum atomic E-state index is 12.4. The van der Waals surface area contributed by atoms with Crippen LogP contribution in [0.1, 0.15) is 51.1 Å². The van der Waals surface area contributed by atoms with Crippen LogP contribution in [0.4, 0.5) is 0 Å². The third-order valence-electron chi connectivity index (χ3n) is 4.14. The van der Waals surface area contributed by atoms with Gasteiger partial charge in [0.2, 0.25) is 5.91 Å². The minimum Gasteiger partial charge on any atom is -0.349 e. The summed E-state index contributed by atoms with van der Waals surface area (Å²) in [5.41, 5.74) is 7.02. The van der Waals surface area contributed by atoms with Gasteiger partial charge in [-0.3, -0.25) is 4.79 Å². The van der Waals surface area contributed by atoms with Crippen LogP contribution in [-0.2, 0) is 4.79 Å². The Hall–Kier alpha value is -0.770. The molecule has 1 fully saturated rings. The van der Waals surface area contributed by atoms with Gasteiger partial charge in [-0.25, -0.2) is 0 Å². The Morgan fingerprint density at radius 3 is 2.45 bits per heavy atom. The molecule has 3 unspecified atom stereocenters. The fourth-order valence-electron chi connectivity index (χ4n) is 2.99. The first-order valence-corrected chi connectivity index (χ1v) is 8.15. The van der Waals surface area contributed by atoms with Crippen LogP contribution in [0.15, 0.2) is 24.3 Å². The van der Waals surface area contributed by atoms with Crippen molar-refractivity contribution in [3.63, 3.8) is 0 Å². The first kappa shape index (κ1) is 19.3. The topological polar surface area (TPSA) is 55.1 Å². The molecule has 0 spiro atoms. The zero-order valence-electron chi connectivity index (χ0n) is 13.2. The van der Waals surface area contributed by atoms with E-state index in [1.165, 1.54) is 0 Å². The van der Waals surface area contributed by atoms with Gasteiger partial charge in [0.25, 0.3) is 0 Å². The van der Waals surface area contributed by atoms with Crippen molar-refractivity contribution in [2.75, 3.05) is 0 Å². The molecule has 1 aliphatic carbocycles.